The maximum absolute atomic E-state index is 12.8. The van der Waals surface area contributed by atoms with Crippen LogP contribution in [-0.4, -0.2) is 12.5 Å². The minimum atomic E-state index is -0.280. The predicted molar refractivity (Wildman–Crippen MR) is 54.5 cm³/mol. The Kier molecular flexibility index (Phi) is 4.77. The topological polar surface area (TPSA) is 38.3 Å². The Labute approximate surface area is 88.2 Å². The smallest absolute Gasteiger partial charge is 0.243 e. The second-order valence-electron chi connectivity index (χ2n) is 3.09. The van der Waals surface area contributed by atoms with Gasteiger partial charge in [0.05, 0.1) is 6.61 Å². The van der Waals surface area contributed by atoms with Crippen LogP contribution in [0.2, 0.25) is 0 Å². The largest absolute Gasteiger partial charge is 0.274 e. The van der Waals surface area contributed by atoms with E-state index in [0.29, 0.717) is 19.4 Å². The van der Waals surface area contributed by atoms with Crippen molar-refractivity contribution >= 4 is 5.91 Å². The molecule has 0 unspecified atom stereocenters. The molecule has 0 heterocycles. The van der Waals surface area contributed by atoms with Gasteiger partial charge in [0.2, 0.25) is 5.91 Å². The van der Waals surface area contributed by atoms with Crippen molar-refractivity contribution in [2.24, 2.45) is 0 Å². The van der Waals surface area contributed by atoms with Crippen molar-refractivity contribution in [3.63, 3.8) is 0 Å². The number of amides is 1. The van der Waals surface area contributed by atoms with Gasteiger partial charge in [0.25, 0.3) is 0 Å². The van der Waals surface area contributed by atoms with Gasteiger partial charge in [-0.1, -0.05) is 12.1 Å². The number of hydrogen-bond donors (Lipinski definition) is 1. The minimum absolute atomic E-state index is 0.193. The van der Waals surface area contributed by atoms with Crippen molar-refractivity contribution in [3.8, 4) is 0 Å². The molecular weight excluding hydrogens is 197 g/mol. The highest BCUT2D eigenvalue weighted by molar-refractivity contribution is 5.75. The van der Waals surface area contributed by atoms with E-state index in [1.165, 1.54) is 12.1 Å². The molecule has 1 aromatic rings. The Morgan fingerprint density at radius 1 is 1.53 bits per heavy atom. The fraction of sp³-hybridized carbons (Fsp3) is 0.364. The average Bonchev–Trinajstić information content (AvgIpc) is 2.23. The van der Waals surface area contributed by atoms with Crippen molar-refractivity contribution in [2.75, 3.05) is 6.61 Å². The average molecular weight is 211 g/mol. The summed E-state index contributed by atoms with van der Waals surface area (Å²) < 4.78 is 12.8. The zero-order chi connectivity index (χ0) is 11.1. The van der Waals surface area contributed by atoms with Crippen LogP contribution >= 0.6 is 0 Å². The Morgan fingerprint density at radius 3 is 3.00 bits per heavy atom. The molecule has 0 aliphatic rings. The number of halogens is 1. The molecule has 1 N–H and O–H groups in total. The summed E-state index contributed by atoms with van der Waals surface area (Å²) >= 11 is 0. The molecular formula is C11H14FNO2. The Bertz CT molecular complexity index is 328. The standard InChI is InChI=1S/C11H14FNO2/c1-2-15-13-11(14)7-6-9-4-3-5-10(12)8-9/h3-5,8H,2,6-7H2,1H3,(H,13,14). The molecule has 0 aliphatic heterocycles. The predicted octanol–water partition coefficient (Wildman–Crippen LogP) is 1.83. The van der Waals surface area contributed by atoms with E-state index >= 15 is 0 Å². The molecule has 0 aromatic heterocycles. The number of hydrogen-bond acceptors (Lipinski definition) is 2. The van der Waals surface area contributed by atoms with Crippen LogP contribution in [0.15, 0.2) is 24.3 Å². The van der Waals surface area contributed by atoms with Gasteiger partial charge in [-0.25, -0.2) is 9.87 Å². The van der Waals surface area contributed by atoms with E-state index in [-0.39, 0.29) is 11.7 Å². The monoisotopic (exact) mass is 211 g/mol. The fourth-order valence-electron chi connectivity index (χ4n) is 1.15. The number of carbonyl (C=O) groups is 1. The molecule has 0 saturated heterocycles. The van der Waals surface area contributed by atoms with Crippen LogP contribution in [0.5, 0.6) is 0 Å². The zero-order valence-corrected chi connectivity index (χ0v) is 8.63. The van der Waals surface area contributed by atoms with Crippen molar-refractivity contribution < 1.29 is 14.0 Å². The molecule has 0 radical (unpaired) electrons. The van der Waals surface area contributed by atoms with Gasteiger partial charge in [0.15, 0.2) is 0 Å². The summed E-state index contributed by atoms with van der Waals surface area (Å²) in [6.07, 6.45) is 0.806. The molecule has 0 atom stereocenters. The molecule has 82 valence electrons. The Hall–Kier alpha value is -1.42. The number of rotatable bonds is 5. The zero-order valence-electron chi connectivity index (χ0n) is 8.63. The van der Waals surface area contributed by atoms with Gasteiger partial charge < -0.3 is 0 Å². The molecule has 1 aromatic carbocycles. The molecule has 0 fully saturated rings. The lowest BCUT2D eigenvalue weighted by atomic mass is 10.1. The molecule has 1 rings (SSSR count). The van der Waals surface area contributed by atoms with Crippen molar-refractivity contribution in [2.45, 2.75) is 19.8 Å². The van der Waals surface area contributed by atoms with E-state index in [0.717, 1.165) is 5.56 Å². The Balaban J connectivity index is 2.33. The number of nitrogens with one attached hydrogen (secondary N) is 1. The van der Waals surface area contributed by atoms with Gasteiger partial charge in [-0.2, -0.15) is 0 Å². The highest BCUT2D eigenvalue weighted by Gasteiger charge is 2.02. The highest BCUT2D eigenvalue weighted by atomic mass is 19.1. The van der Waals surface area contributed by atoms with Crippen molar-refractivity contribution in [1.29, 1.82) is 0 Å². The molecule has 0 aliphatic carbocycles. The first-order valence-corrected chi connectivity index (χ1v) is 4.87. The van der Waals surface area contributed by atoms with Crippen LogP contribution in [0.4, 0.5) is 4.39 Å². The first kappa shape index (κ1) is 11.7. The first-order valence-electron chi connectivity index (χ1n) is 4.87. The number of aryl methyl sites for hydroxylation is 1. The summed E-state index contributed by atoms with van der Waals surface area (Å²) in [6, 6.07) is 6.22. The van der Waals surface area contributed by atoms with Gasteiger partial charge >= 0.3 is 0 Å². The number of benzene rings is 1. The summed E-state index contributed by atoms with van der Waals surface area (Å²) in [4.78, 5) is 15.9. The molecule has 4 heteroatoms. The summed E-state index contributed by atoms with van der Waals surface area (Å²) in [6.45, 7) is 2.22. The van der Waals surface area contributed by atoms with Gasteiger partial charge in [-0.3, -0.25) is 9.63 Å². The van der Waals surface area contributed by atoms with Crippen LogP contribution in [0.25, 0.3) is 0 Å². The maximum Gasteiger partial charge on any atom is 0.243 e. The summed E-state index contributed by atoms with van der Waals surface area (Å²) in [5, 5.41) is 0. The SMILES string of the molecule is CCONC(=O)CCc1cccc(F)c1. The number of carbonyl (C=O) groups excluding carboxylic acids is 1. The van der Waals surface area contributed by atoms with Gasteiger partial charge in [-0.15, -0.1) is 0 Å². The van der Waals surface area contributed by atoms with Gasteiger partial charge in [0, 0.05) is 6.42 Å². The lowest BCUT2D eigenvalue weighted by Crippen LogP contribution is -2.23. The second kappa shape index (κ2) is 6.14. The maximum atomic E-state index is 12.8. The van der Waals surface area contributed by atoms with Gasteiger partial charge in [-0.05, 0) is 31.0 Å². The van der Waals surface area contributed by atoms with E-state index in [1.807, 2.05) is 0 Å². The Morgan fingerprint density at radius 2 is 2.33 bits per heavy atom. The second-order valence-corrected chi connectivity index (χ2v) is 3.09. The van der Waals surface area contributed by atoms with Crippen LogP contribution in [0, 0.1) is 5.82 Å². The molecule has 3 nitrogen and oxygen atoms in total. The van der Waals surface area contributed by atoms with E-state index in [9.17, 15) is 9.18 Å². The van der Waals surface area contributed by atoms with E-state index in [4.69, 9.17) is 4.84 Å². The van der Waals surface area contributed by atoms with Crippen LogP contribution in [0.1, 0.15) is 18.9 Å². The first-order chi connectivity index (χ1) is 7.22. The van der Waals surface area contributed by atoms with Crippen molar-refractivity contribution in [1.82, 2.24) is 5.48 Å². The van der Waals surface area contributed by atoms with Crippen LogP contribution in [-0.2, 0) is 16.1 Å². The third kappa shape index (κ3) is 4.56. The quantitative estimate of drug-likeness (QED) is 0.754. The highest BCUT2D eigenvalue weighted by Crippen LogP contribution is 2.05. The summed E-state index contributed by atoms with van der Waals surface area (Å²) in [7, 11) is 0. The molecule has 15 heavy (non-hydrogen) atoms. The van der Waals surface area contributed by atoms with Crippen molar-refractivity contribution in [3.05, 3.63) is 35.6 Å². The normalized spacial score (nSPS) is 10.0. The van der Waals surface area contributed by atoms with Gasteiger partial charge in [0.1, 0.15) is 5.82 Å². The summed E-state index contributed by atoms with van der Waals surface area (Å²) in [5.41, 5.74) is 3.09. The van der Waals surface area contributed by atoms with E-state index in [1.54, 1.807) is 19.1 Å². The lowest BCUT2D eigenvalue weighted by Gasteiger charge is -2.03. The summed E-state index contributed by atoms with van der Waals surface area (Å²) in [5.74, 6) is -0.473. The van der Waals surface area contributed by atoms with E-state index < -0.39 is 0 Å². The molecule has 0 spiro atoms. The molecule has 0 bridgehead atoms. The third-order valence-corrected chi connectivity index (χ3v) is 1.86. The van der Waals surface area contributed by atoms with E-state index in [2.05, 4.69) is 5.48 Å². The molecule has 0 saturated carbocycles. The lowest BCUT2D eigenvalue weighted by molar-refractivity contribution is -0.133. The minimum Gasteiger partial charge on any atom is -0.274 e. The van der Waals surface area contributed by atoms with Crippen LogP contribution in [0.3, 0.4) is 0 Å². The third-order valence-electron chi connectivity index (χ3n) is 1.86. The fourth-order valence-corrected chi connectivity index (χ4v) is 1.15. The molecule has 1 amide bonds. The number of hydroxylamine groups is 1. The van der Waals surface area contributed by atoms with Crippen LogP contribution < -0.4 is 5.48 Å².